The molecule has 2 nitrogen and oxygen atoms in total. The van der Waals surface area contributed by atoms with Crippen LogP contribution in [0.15, 0.2) is 47.9 Å². The smallest absolute Gasteiger partial charge is 0.172 e. The van der Waals surface area contributed by atoms with Crippen molar-refractivity contribution in [2.24, 2.45) is 5.41 Å². The Morgan fingerprint density at radius 1 is 1.28 bits per heavy atom. The molecule has 1 radical (unpaired) electrons. The van der Waals surface area contributed by atoms with Crippen molar-refractivity contribution in [3.8, 4) is 5.69 Å². The van der Waals surface area contributed by atoms with Gasteiger partial charge < -0.3 is 0 Å². The average molecular weight is 257 g/mol. The number of rotatable bonds is 4. The molecular formula is C15H17N2S. The maximum atomic E-state index is 4.45. The highest BCUT2D eigenvalue weighted by molar-refractivity contribution is 7.99. The van der Waals surface area contributed by atoms with Crippen molar-refractivity contribution >= 4 is 11.8 Å². The first kappa shape index (κ1) is 11.8. The summed E-state index contributed by atoms with van der Waals surface area (Å²) < 4.78 is 2.15. The number of nitrogens with zero attached hydrogens (tertiary/aromatic N) is 2. The Hall–Kier alpha value is -1.22. The zero-order chi connectivity index (χ0) is 12.4. The minimum atomic E-state index is 0.290. The second-order valence-electron chi connectivity index (χ2n) is 5.06. The molecule has 1 fully saturated rings. The zero-order valence-corrected chi connectivity index (χ0v) is 11.2. The van der Waals surface area contributed by atoms with Gasteiger partial charge in [0.05, 0.1) is 0 Å². The molecule has 3 rings (SSSR count). The van der Waals surface area contributed by atoms with E-state index in [1.165, 1.54) is 24.9 Å². The minimum Gasteiger partial charge on any atom is -0.295 e. The van der Waals surface area contributed by atoms with Crippen LogP contribution in [0.1, 0.15) is 19.3 Å². The zero-order valence-electron chi connectivity index (χ0n) is 10.4. The topological polar surface area (TPSA) is 17.8 Å². The van der Waals surface area contributed by atoms with E-state index in [4.69, 9.17) is 0 Å². The lowest BCUT2D eigenvalue weighted by atomic mass is 9.72. The molecule has 1 aliphatic carbocycles. The number of hydrogen-bond acceptors (Lipinski definition) is 2. The monoisotopic (exact) mass is 257 g/mol. The molecule has 0 aliphatic heterocycles. The van der Waals surface area contributed by atoms with Crippen molar-refractivity contribution < 1.29 is 0 Å². The molecule has 1 aromatic heterocycles. The van der Waals surface area contributed by atoms with Gasteiger partial charge >= 0.3 is 0 Å². The summed E-state index contributed by atoms with van der Waals surface area (Å²) in [6.45, 7) is 4.32. The van der Waals surface area contributed by atoms with Crippen molar-refractivity contribution in [2.75, 3.05) is 5.75 Å². The average Bonchev–Trinajstić information content (AvgIpc) is 2.83. The lowest BCUT2D eigenvalue weighted by molar-refractivity contribution is 0.237. The number of benzene rings is 1. The molecule has 93 valence electrons. The van der Waals surface area contributed by atoms with Crippen LogP contribution in [-0.4, -0.2) is 15.3 Å². The number of thioether (sulfide) groups is 1. The second kappa shape index (κ2) is 4.81. The van der Waals surface area contributed by atoms with Crippen LogP contribution >= 0.6 is 11.8 Å². The maximum absolute atomic E-state index is 4.45. The number of para-hydroxylation sites is 1. The van der Waals surface area contributed by atoms with Gasteiger partial charge in [-0.05, 0) is 37.3 Å². The first-order valence-electron chi connectivity index (χ1n) is 6.34. The highest BCUT2D eigenvalue weighted by atomic mass is 32.2. The van der Waals surface area contributed by atoms with Crippen LogP contribution in [-0.2, 0) is 0 Å². The van der Waals surface area contributed by atoms with E-state index in [0.29, 0.717) is 0 Å². The second-order valence-corrected chi connectivity index (χ2v) is 6.00. The van der Waals surface area contributed by atoms with Gasteiger partial charge in [-0.2, -0.15) is 0 Å². The standard InChI is InChI=1S/C15H17N2S/c1-15(8-5-9-15)12-18-14-16-10-11-17(14)13-6-3-2-4-7-13/h2-4,6-7,10-11H,1,5,8-9,12H2. The van der Waals surface area contributed by atoms with Gasteiger partial charge in [-0.15, -0.1) is 0 Å². The summed E-state index contributed by atoms with van der Waals surface area (Å²) in [5, 5.41) is 1.07. The van der Waals surface area contributed by atoms with Crippen molar-refractivity contribution in [1.82, 2.24) is 9.55 Å². The summed E-state index contributed by atoms with van der Waals surface area (Å²) in [5.74, 6) is 1.07. The molecule has 0 saturated heterocycles. The van der Waals surface area contributed by atoms with Crippen LogP contribution < -0.4 is 0 Å². The summed E-state index contributed by atoms with van der Waals surface area (Å²) in [5.41, 5.74) is 1.46. The number of imidazole rings is 1. The van der Waals surface area contributed by atoms with Gasteiger partial charge in [-0.1, -0.05) is 36.4 Å². The Kier molecular flexibility index (Phi) is 3.16. The predicted molar refractivity (Wildman–Crippen MR) is 75.9 cm³/mol. The van der Waals surface area contributed by atoms with Crippen molar-refractivity contribution in [1.29, 1.82) is 0 Å². The van der Waals surface area contributed by atoms with Crippen molar-refractivity contribution in [3.05, 3.63) is 49.6 Å². The summed E-state index contributed by atoms with van der Waals surface area (Å²) in [4.78, 5) is 4.45. The van der Waals surface area contributed by atoms with Gasteiger partial charge in [0.15, 0.2) is 5.16 Å². The van der Waals surface area contributed by atoms with Crippen molar-refractivity contribution in [3.63, 3.8) is 0 Å². The molecule has 0 atom stereocenters. The fourth-order valence-electron chi connectivity index (χ4n) is 2.22. The van der Waals surface area contributed by atoms with Gasteiger partial charge in [0, 0.05) is 23.8 Å². The van der Waals surface area contributed by atoms with Gasteiger partial charge in [0.2, 0.25) is 0 Å². The molecule has 0 amide bonds. The van der Waals surface area contributed by atoms with E-state index in [1.807, 2.05) is 30.2 Å². The lowest BCUT2D eigenvalue weighted by Crippen LogP contribution is -2.28. The Balaban J connectivity index is 1.75. The molecule has 1 aliphatic rings. The third-order valence-corrected chi connectivity index (χ3v) is 4.88. The van der Waals surface area contributed by atoms with E-state index < -0.39 is 0 Å². The molecule has 3 heteroatoms. The van der Waals surface area contributed by atoms with E-state index in [-0.39, 0.29) is 5.41 Å². The highest BCUT2D eigenvalue weighted by Gasteiger charge is 2.32. The molecule has 0 bridgehead atoms. The highest BCUT2D eigenvalue weighted by Crippen LogP contribution is 2.43. The van der Waals surface area contributed by atoms with Crippen LogP contribution in [0, 0.1) is 12.3 Å². The molecule has 0 unspecified atom stereocenters. The van der Waals surface area contributed by atoms with E-state index in [9.17, 15) is 0 Å². The molecule has 1 heterocycles. The third-order valence-electron chi connectivity index (χ3n) is 3.56. The summed E-state index contributed by atoms with van der Waals surface area (Å²) in [7, 11) is 0. The SMILES string of the molecule is [CH2]C1(CSc2nccn2-c2ccccc2)CCC1. The lowest BCUT2D eigenvalue weighted by Gasteiger charge is -2.37. The first-order chi connectivity index (χ1) is 8.77. The molecule has 0 N–H and O–H groups in total. The summed E-state index contributed by atoms with van der Waals surface area (Å²) in [6.07, 6.45) is 7.73. The van der Waals surface area contributed by atoms with Crippen LogP contribution in [0.5, 0.6) is 0 Å². The Morgan fingerprint density at radius 3 is 2.72 bits per heavy atom. The summed E-state index contributed by atoms with van der Waals surface area (Å²) in [6, 6.07) is 10.4. The molecule has 0 spiro atoms. The van der Waals surface area contributed by atoms with Crippen molar-refractivity contribution in [2.45, 2.75) is 24.4 Å². The maximum Gasteiger partial charge on any atom is 0.172 e. The molecule has 1 aromatic carbocycles. The van der Waals surface area contributed by atoms with Gasteiger partial charge in [-0.25, -0.2) is 4.98 Å². The van der Waals surface area contributed by atoms with E-state index in [0.717, 1.165) is 10.9 Å². The molecular weight excluding hydrogens is 240 g/mol. The molecule has 2 aromatic rings. The fraction of sp³-hybridized carbons (Fsp3) is 0.333. The van der Waals surface area contributed by atoms with E-state index >= 15 is 0 Å². The van der Waals surface area contributed by atoms with Gasteiger partial charge in [0.1, 0.15) is 0 Å². The molecule has 18 heavy (non-hydrogen) atoms. The largest absolute Gasteiger partial charge is 0.295 e. The Morgan fingerprint density at radius 2 is 2.06 bits per heavy atom. The van der Waals surface area contributed by atoms with Crippen LogP contribution in [0.25, 0.3) is 5.69 Å². The quantitative estimate of drug-likeness (QED) is 0.771. The Bertz CT molecular complexity index is 514. The fourth-order valence-corrected chi connectivity index (χ4v) is 3.39. The minimum absolute atomic E-state index is 0.290. The summed E-state index contributed by atoms with van der Waals surface area (Å²) >= 11 is 1.82. The Labute approximate surface area is 112 Å². The van der Waals surface area contributed by atoms with Crippen LogP contribution in [0.2, 0.25) is 0 Å². The third kappa shape index (κ3) is 2.32. The predicted octanol–water partition coefficient (Wildman–Crippen LogP) is 3.97. The normalized spacial score (nSPS) is 17.4. The van der Waals surface area contributed by atoms with Gasteiger partial charge in [0.25, 0.3) is 0 Å². The van der Waals surface area contributed by atoms with E-state index in [2.05, 4.69) is 40.7 Å². The van der Waals surface area contributed by atoms with Gasteiger partial charge in [-0.3, -0.25) is 4.57 Å². The molecule has 1 saturated carbocycles. The van der Waals surface area contributed by atoms with Crippen LogP contribution in [0.3, 0.4) is 0 Å². The van der Waals surface area contributed by atoms with Crippen LogP contribution in [0.4, 0.5) is 0 Å². The van der Waals surface area contributed by atoms with E-state index in [1.54, 1.807) is 0 Å². The number of aromatic nitrogens is 2. The first-order valence-corrected chi connectivity index (χ1v) is 7.32. The number of hydrogen-bond donors (Lipinski definition) is 0.